The molecule has 7 nitrogen and oxygen atoms in total. The van der Waals surface area contributed by atoms with Crippen LogP contribution in [0, 0.1) is 5.92 Å². The summed E-state index contributed by atoms with van der Waals surface area (Å²) in [5.41, 5.74) is 1.30. The highest BCUT2D eigenvalue weighted by Gasteiger charge is 2.51. The van der Waals surface area contributed by atoms with Crippen LogP contribution in [0.25, 0.3) is 0 Å². The lowest BCUT2D eigenvalue weighted by atomic mass is 9.85. The zero-order valence-electron chi connectivity index (χ0n) is 17.2. The quantitative estimate of drug-likeness (QED) is 0.760. The van der Waals surface area contributed by atoms with E-state index in [1.807, 2.05) is 37.3 Å². The summed E-state index contributed by atoms with van der Waals surface area (Å²) in [6.45, 7) is 4.59. The maximum atomic E-state index is 12.9. The van der Waals surface area contributed by atoms with E-state index in [0.29, 0.717) is 50.6 Å². The molecule has 0 aliphatic carbocycles. The number of pyridine rings is 1. The third kappa shape index (κ3) is 4.46. The average molecular weight is 409 g/mol. The van der Waals surface area contributed by atoms with E-state index in [1.165, 1.54) is 0 Å². The van der Waals surface area contributed by atoms with Crippen LogP contribution in [-0.4, -0.2) is 53.6 Å². The van der Waals surface area contributed by atoms with Crippen molar-refractivity contribution in [2.24, 2.45) is 5.92 Å². The Morgan fingerprint density at radius 3 is 2.77 bits per heavy atom. The summed E-state index contributed by atoms with van der Waals surface area (Å²) in [6, 6.07) is 11.1. The largest absolute Gasteiger partial charge is 0.493 e. The minimum atomic E-state index is -0.313. The van der Waals surface area contributed by atoms with Gasteiger partial charge in [0.05, 0.1) is 31.9 Å². The normalized spacial score (nSPS) is 19.4. The Morgan fingerprint density at radius 1 is 1.23 bits per heavy atom. The van der Waals surface area contributed by atoms with Gasteiger partial charge in [-0.1, -0.05) is 12.1 Å². The summed E-state index contributed by atoms with van der Waals surface area (Å²) in [4.78, 5) is 30.9. The lowest BCUT2D eigenvalue weighted by molar-refractivity contribution is -0.122. The fourth-order valence-corrected chi connectivity index (χ4v) is 4.21. The molecule has 4 rings (SSSR count). The van der Waals surface area contributed by atoms with E-state index in [0.717, 1.165) is 12.0 Å². The maximum Gasteiger partial charge on any atom is 0.257 e. The standard InChI is InChI=1S/C23H27N3O4/c1-2-29-20-6-4-3-5-19(20)22(28)26-15-23(16-26)12-18(14-30-23)11-21(27)25-13-17-7-9-24-10-8-17/h3-10,18H,2,11-16H2,1H3,(H,25,27)/t18-/m0/s1. The average Bonchev–Trinajstić information content (AvgIpc) is 3.16. The molecule has 30 heavy (non-hydrogen) atoms. The number of hydrogen-bond donors (Lipinski definition) is 1. The predicted molar refractivity (Wildman–Crippen MR) is 111 cm³/mol. The number of nitrogens with one attached hydrogen (secondary N) is 1. The summed E-state index contributed by atoms with van der Waals surface area (Å²) in [5.74, 6) is 0.777. The first kappa shape index (κ1) is 20.3. The Balaban J connectivity index is 1.25. The van der Waals surface area contributed by atoms with Gasteiger partial charge in [0.2, 0.25) is 5.91 Å². The summed E-state index contributed by atoms with van der Waals surface area (Å²) >= 11 is 0. The molecular formula is C23H27N3O4. The van der Waals surface area contributed by atoms with E-state index in [2.05, 4.69) is 10.3 Å². The lowest BCUT2D eigenvalue weighted by Gasteiger charge is -2.47. The van der Waals surface area contributed by atoms with Crippen LogP contribution in [0.2, 0.25) is 0 Å². The van der Waals surface area contributed by atoms with E-state index < -0.39 is 0 Å². The molecule has 2 amide bonds. The van der Waals surface area contributed by atoms with Crippen molar-refractivity contribution in [3.63, 3.8) is 0 Å². The number of likely N-dealkylation sites (tertiary alicyclic amines) is 1. The SMILES string of the molecule is CCOc1ccccc1C(=O)N1CC2(C[C@H](CC(=O)NCc3ccncc3)CO2)C1. The second kappa shape index (κ2) is 8.83. The second-order valence-corrected chi connectivity index (χ2v) is 7.99. The molecule has 2 aliphatic rings. The van der Waals surface area contributed by atoms with Crippen LogP contribution in [-0.2, 0) is 16.1 Å². The molecule has 1 aromatic carbocycles. The van der Waals surface area contributed by atoms with Crippen LogP contribution >= 0.6 is 0 Å². The van der Waals surface area contributed by atoms with Crippen LogP contribution in [0.15, 0.2) is 48.8 Å². The first-order valence-corrected chi connectivity index (χ1v) is 10.4. The molecule has 1 N–H and O–H groups in total. The Bertz CT molecular complexity index is 896. The van der Waals surface area contributed by atoms with Gasteiger partial charge in [0.15, 0.2) is 0 Å². The van der Waals surface area contributed by atoms with Gasteiger partial charge in [-0.2, -0.15) is 0 Å². The number of carbonyl (C=O) groups is 2. The number of aromatic nitrogens is 1. The Labute approximate surface area is 176 Å². The van der Waals surface area contributed by atoms with Crippen molar-refractivity contribution in [3.05, 3.63) is 59.9 Å². The van der Waals surface area contributed by atoms with Crippen molar-refractivity contribution in [1.82, 2.24) is 15.2 Å². The van der Waals surface area contributed by atoms with Crippen molar-refractivity contribution >= 4 is 11.8 Å². The Kier molecular flexibility index (Phi) is 5.99. The van der Waals surface area contributed by atoms with Gasteiger partial charge in [-0.15, -0.1) is 0 Å². The van der Waals surface area contributed by atoms with Gasteiger partial charge in [-0.25, -0.2) is 0 Å². The van der Waals surface area contributed by atoms with Crippen molar-refractivity contribution in [2.45, 2.75) is 31.9 Å². The monoisotopic (exact) mass is 409 g/mol. The summed E-state index contributed by atoms with van der Waals surface area (Å²) < 4.78 is 11.6. The van der Waals surface area contributed by atoms with Crippen molar-refractivity contribution < 1.29 is 19.1 Å². The number of carbonyl (C=O) groups excluding carboxylic acids is 2. The second-order valence-electron chi connectivity index (χ2n) is 7.99. The van der Waals surface area contributed by atoms with Crippen molar-refractivity contribution in [2.75, 3.05) is 26.3 Å². The van der Waals surface area contributed by atoms with Gasteiger partial charge in [-0.05, 0) is 49.1 Å². The minimum Gasteiger partial charge on any atom is -0.493 e. The Hall–Kier alpha value is -2.93. The summed E-state index contributed by atoms with van der Waals surface area (Å²) in [5, 5.41) is 2.96. The van der Waals surface area contributed by atoms with Crippen molar-refractivity contribution in [1.29, 1.82) is 0 Å². The van der Waals surface area contributed by atoms with Crippen LogP contribution in [0.1, 0.15) is 35.7 Å². The highest BCUT2D eigenvalue weighted by atomic mass is 16.5. The molecule has 3 heterocycles. The van der Waals surface area contributed by atoms with Gasteiger partial charge in [0.1, 0.15) is 11.4 Å². The topological polar surface area (TPSA) is 80.8 Å². The molecule has 0 bridgehead atoms. The first-order chi connectivity index (χ1) is 14.6. The molecule has 2 fully saturated rings. The molecule has 0 radical (unpaired) electrons. The molecule has 2 aliphatic heterocycles. The van der Waals surface area contributed by atoms with Gasteiger partial charge < -0.3 is 19.7 Å². The van der Waals surface area contributed by atoms with Crippen LogP contribution < -0.4 is 10.1 Å². The van der Waals surface area contributed by atoms with E-state index >= 15 is 0 Å². The number of hydrogen-bond acceptors (Lipinski definition) is 5. The molecule has 0 saturated carbocycles. The zero-order chi connectivity index (χ0) is 21.0. The van der Waals surface area contributed by atoms with Crippen LogP contribution in [0.5, 0.6) is 5.75 Å². The number of para-hydroxylation sites is 1. The van der Waals surface area contributed by atoms with Gasteiger partial charge in [0, 0.05) is 25.4 Å². The summed E-state index contributed by atoms with van der Waals surface area (Å²) in [6.07, 6.45) is 4.67. The molecule has 0 unspecified atom stereocenters. The third-order valence-corrected chi connectivity index (χ3v) is 5.66. The molecule has 1 spiro atoms. The molecule has 1 atom stereocenters. The lowest BCUT2D eigenvalue weighted by Crippen LogP contribution is -2.63. The number of nitrogens with zero attached hydrogens (tertiary/aromatic N) is 2. The summed E-state index contributed by atoms with van der Waals surface area (Å²) in [7, 11) is 0. The van der Waals surface area contributed by atoms with E-state index in [4.69, 9.17) is 9.47 Å². The smallest absolute Gasteiger partial charge is 0.257 e. The molecular weight excluding hydrogens is 382 g/mol. The Morgan fingerprint density at radius 2 is 2.00 bits per heavy atom. The zero-order valence-corrected chi connectivity index (χ0v) is 17.2. The van der Waals surface area contributed by atoms with Crippen LogP contribution in [0.4, 0.5) is 0 Å². The number of ether oxygens (including phenoxy) is 2. The third-order valence-electron chi connectivity index (χ3n) is 5.66. The molecule has 2 saturated heterocycles. The minimum absolute atomic E-state index is 0.0235. The molecule has 158 valence electrons. The van der Waals surface area contributed by atoms with Crippen LogP contribution in [0.3, 0.4) is 0 Å². The number of benzene rings is 1. The highest BCUT2D eigenvalue weighted by Crippen LogP contribution is 2.40. The van der Waals surface area contributed by atoms with Gasteiger partial charge in [0.25, 0.3) is 5.91 Å². The predicted octanol–water partition coefficient (Wildman–Crippen LogP) is 2.42. The maximum absolute atomic E-state index is 12.9. The molecule has 2 aromatic rings. The molecule has 1 aromatic heterocycles. The van der Waals surface area contributed by atoms with Gasteiger partial charge >= 0.3 is 0 Å². The molecule has 7 heteroatoms. The van der Waals surface area contributed by atoms with E-state index in [9.17, 15) is 9.59 Å². The van der Waals surface area contributed by atoms with Gasteiger partial charge in [-0.3, -0.25) is 14.6 Å². The fraction of sp³-hybridized carbons (Fsp3) is 0.435. The number of amides is 2. The number of rotatable bonds is 7. The van der Waals surface area contributed by atoms with E-state index in [1.54, 1.807) is 23.4 Å². The van der Waals surface area contributed by atoms with E-state index in [-0.39, 0.29) is 23.3 Å². The first-order valence-electron chi connectivity index (χ1n) is 10.4. The highest BCUT2D eigenvalue weighted by molar-refractivity contribution is 5.97. The van der Waals surface area contributed by atoms with Crippen molar-refractivity contribution in [3.8, 4) is 5.75 Å². The fourth-order valence-electron chi connectivity index (χ4n) is 4.21.